The van der Waals surface area contributed by atoms with Crippen molar-refractivity contribution in [1.29, 1.82) is 0 Å². The van der Waals surface area contributed by atoms with Gasteiger partial charge in [0.2, 0.25) is 0 Å². The predicted molar refractivity (Wildman–Crippen MR) is 58.0 cm³/mol. The van der Waals surface area contributed by atoms with Gasteiger partial charge in [-0.3, -0.25) is 0 Å². The number of hydrogen-bond acceptors (Lipinski definition) is 2. The van der Waals surface area contributed by atoms with Crippen LogP contribution in [0.15, 0.2) is 24.3 Å². The highest BCUT2D eigenvalue weighted by molar-refractivity contribution is 7.34. The van der Waals surface area contributed by atoms with E-state index < -0.39 is 8.46 Å². The van der Waals surface area contributed by atoms with Crippen molar-refractivity contribution >= 4 is 31.9 Å². The van der Waals surface area contributed by atoms with Crippen molar-refractivity contribution in [1.82, 2.24) is 0 Å². The minimum atomic E-state index is -0.783. The van der Waals surface area contributed by atoms with E-state index in [9.17, 15) is 4.57 Å². The maximum Gasteiger partial charge on any atom is 0.0921 e. The molecule has 1 rings (SSSR count). The Balaban J connectivity index is 0.00000121. The monoisotopic (exact) mass is 205 g/mol. The van der Waals surface area contributed by atoms with E-state index in [-0.39, 0.29) is 12.4 Å². The second kappa shape index (κ2) is 5.23. The summed E-state index contributed by atoms with van der Waals surface area (Å²) in [7, 11) is 3.19. The minimum Gasteiger partial charge on any atom is -0.378 e. The Morgan fingerprint density at radius 1 is 1.17 bits per heavy atom. The number of rotatable bonds is 2. The number of anilines is 1. The molecule has 0 amide bonds. The van der Waals surface area contributed by atoms with Gasteiger partial charge in [0, 0.05) is 25.1 Å². The van der Waals surface area contributed by atoms with E-state index in [2.05, 4.69) is 0 Å². The lowest BCUT2D eigenvalue weighted by molar-refractivity contribution is 0.603. The van der Waals surface area contributed by atoms with Crippen molar-refractivity contribution < 1.29 is 4.57 Å². The van der Waals surface area contributed by atoms with Crippen LogP contribution in [0.3, 0.4) is 0 Å². The number of benzene rings is 1. The van der Waals surface area contributed by atoms with Crippen LogP contribution in [0.2, 0.25) is 0 Å². The maximum absolute atomic E-state index is 10.5. The SMILES string of the molecule is CN(C)c1ccc([PH2]=O)cc1.Cl. The summed E-state index contributed by atoms with van der Waals surface area (Å²) in [5, 5.41) is 0.926. The van der Waals surface area contributed by atoms with Crippen molar-refractivity contribution in [3.8, 4) is 0 Å². The standard InChI is InChI=1S/C8H12NOP.ClH/c1-9(2)7-3-5-8(11-10)6-4-7;/h3-6H,11H2,1-2H3;1H. The zero-order valence-corrected chi connectivity index (χ0v) is 9.12. The quantitative estimate of drug-likeness (QED) is 0.683. The van der Waals surface area contributed by atoms with E-state index in [0.29, 0.717) is 0 Å². The highest BCUT2D eigenvalue weighted by atomic mass is 35.5. The van der Waals surface area contributed by atoms with E-state index in [1.165, 1.54) is 0 Å². The van der Waals surface area contributed by atoms with Gasteiger partial charge in [-0.1, -0.05) is 0 Å². The Bertz CT molecular complexity index is 248. The van der Waals surface area contributed by atoms with Gasteiger partial charge in [-0.05, 0) is 24.3 Å². The van der Waals surface area contributed by atoms with Gasteiger partial charge < -0.3 is 9.46 Å². The molecule has 68 valence electrons. The molecule has 0 fully saturated rings. The average Bonchev–Trinajstić information content (AvgIpc) is 2.05. The summed E-state index contributed by atoms with van der Waals surface area (Å²) >= 11 is 0. The third kappa shape index (κ3) is 2.88. The summed E-state index contributed by atoms with van der Waals surface area (Å²) in [6, 6.07) is 7.75. The van der Waals surface area contributed by atoms with E-state index in [1.807, 2.05) is 43.3 Å². The summed E-state index contributed by atoms with van der Waals surface area (Å²) in [5.41, 5.74) is 1.14. The minimum absolute atomic E-state index is 0. The summed E-state index contributed by atoms with van der Waals surface area (Å²) in [6.45, 7) is 0. The molecule has 1 aromatic carbocycles. The van der Waals surface area contributed by atoms with Crippen LogP contribution in [0.1, 0.15) is 0 Å². The molecular weight excluding hydrogens is 193 g/mol. The first-order valence-corrected chi connectivity index (χ1v) is 4.51. The highest BCUT2D eigenvalue weighted by Gasteiger charge is 1.92. The Labute approximate surface area is 80.2 Å². The number of nitrogens with zero attached hydrogens (tertiary/aromatic N) is 1. The molecule has 0 saturated heterocycles. The molecule has 0 heterocycles. The van der Waals surface area contributed by atoms with Crippen molar-refractivity contribution in [2.75, 3.05) is 19.0 Å². The summed E-state index contributed by atoms with van der Waals surface area (Å²) in [4.78, 5) is 2.02. The van der Waals surface area contributed by atoms with Gasteiger partial charge in [0.15, 0.2) is 0 Å². The first-order valence-electron chi connectivity index (χ1n) is 3.46. The van der Waals surface area contributed by atoms with Crippen LogP contribution in [0.4, 0.5) is 5.69 Å². The van der Waals surface area contributed by atoms with E-state index in [1.54, 1.807) is 0 Å². The molecule has 0 aliphatic carbocycles. The Hall–Kier alpha value is -0.460. The van der Waals surface area contributed by atoms with E-state index >= 15 is 0 Å². The number of halogens is 1. The van der Waals surface area contributed by atoms with Crippen LogP contribution in [0, 0.1) is 0 Å². The molecule has 1 atom stereocenters. The Morgan fingerprint density at radius 3 is 2.00 bits per heavy atom. The third-order valence-electron chi connectivity index (χ3n) is 1.55. The van der Waals surface area contributed by atoms with Crippen molar-refractivity contribution in [2.45, 2.75) is 0 Å². The first kappa shape index (κ1) is 11.5. The van der Waals surface area contributed by atoms with Crippen LogP contribution in [0.5, 0.6) is 0 Å². The zero-order valence-electron chi connectivity index (χ0n) is 7.15. The van der Waals surface area contributed by atoms with Crippen LogP contribution >= 0.6 is 20.9 Å². The molecule has 0 aliphatic rings. The molecule has 0 radical (unpaired) electrons. The van der Waals surface area contributed by atoms with Gasteiger partial charge in [-0.2, -0.15) is 0 Å². The van der Waals surface area contributed by atoms with Gasteiger partial charge in [0.25, 0.3) is 0 Å². The molecule has 1 aromatic rings. The predicted octanol–water partition coefficient (Wildman–Crippen LogP) is 1.56. The fourth-order valence-electron chi connectivity index (χ4n) is 0.851. The molecular formula is C8H13ClNOP. The summed E-state index contributed by atoms with van der Waals surface area (Å²) in [6.07, 6.45) is 0. The van der Waals surface area contributed by atoms with Gasteiger partial charge in [-0.15, -0.1) is 12.4 Å². The smallest absolute Gasteiger partial charge is 0.0921 e. The summed E-state index contributed by atoms with van der Waals surface area (Å²) in [5.74, 6) is 0. The van der Waals surface area contributed by atoms with Crippen LogP contribution in [0.25, 0.3) is 0 Å². The average molecular weight is 206 g/mol. The molecule has 0 aromatic heterocycles. The zero-order chi connectivity index (χ0) is 8.27. The van der Waals surface area contributed by atoms with Gasteiger partial charge >= 0.3 is 0 Å². The Kier molecular flexibility index (Phi) is 5.03. The maximum atomic E-state index is 10.5. The van der Waals surface area contributed by atoms with E-state index in [4.69, 9.17) is 0 Å². The van der Waals surface area contributed by atoms with Gasteiger partial charge in [0.05, 0.1) is 8.46 Å². The molecule has 4 heteroatoms. The molecule has 12 heavy (non-hydrogen) atoms. The van der Waals surface area contributed by atoms with Crippen LogP contribution < -0.4 is 10.2 Å². The lowest BCUT2D eigenvalue weighted by atomic mass is 10.3. The normalized spacial score (nSPS) is 9.83. The molecule has 2 nitrogen and oxygen atoms in total. The molecule has 0 saturated carbocycles. The fourth-order valence-corrected chi connectivity index (χ4v) is 1.20. The summed E-state index contributed by atoms with van der Waals surface area (Å²) < 4.78 is 10.5. The first-order chi connectivity index (χ1) is 5.24. The number of hydrogen-bond donors (Lipinski definition) is 0. The van der Waals surface area contributed by atoms with Crippen LogP contribution in [-0.2, 0) is 4.57 Å². The van der Waals surface area contributed by atoms with Gasteiger partial charge in [-0.25, -0.2) is 0 Å². The second-order valence-electron chi connectivity index (χ2n) is 2.60. The molecule has 0 aliphatic heterocycles. The second-order valence-corrected chi connectivity index (χ2v) is 3.51. The van der Waals surface area contributed by atoms with Crippen molar-refractivity contribution in [2.24, 2.45) is 0 Å². The van der Waals surface area contributed by atoms with E-state index in [0.717, 1.165) is 11.0 Å². The molecule has 0 bridgehead atoms. The lowest BCUT2D eigenvalue weighted by Crippen LogP contribution is -2.08. The largest absolute Gasteiger partial charge is 0.378 e. The topological polar surface area (TPSA) is 20.3 Å². The molecule has 0 spiro atoms. The fraction of sp³-hybridized carbons (Fsp3) is 0.250. The van der Waals surface area contributed by atoms with Crippen molar-refractivity contribution in [3.05, 3.63) is 24.3 Å². The third-order valence-corrected chi connectivity index (χ3v) is 2.20. The van der Waals surface area contributed by atoms with Crippen LogP contribution in [-0.4, -0.2) is 14.1 Å². The lowest BCUT2D eigenvalue weighted by Gasteiger charge is -2.11. The van der Waals surface area contributed by atoms with Crippen molar-refractivity contribution in [3.63, 3.8) is 0 Å². The van der Waals surface area contributed by atoms with Gasteiger partial charge in [0.1, 0.15) is 0 Å². The Morgan fingerprint density at radius 2 is 1.67 bits per heavy atom. The molecule has 1 unspecified atom stereocenters. The molecule has 0 N–H and O–H groups in total. The highest BCUT2D eigenvalue weighted by Crippen LogP contribution is 2.09.